The smallest absolute Gasteiger partial charge is 0.250 e. The van der Waals surface area contributed by atoms with Crippen molar-refractivity contribution in [2.45, 2.75) is 4.21 Å². The molecule has 0 fully saturated rings. The second-order valence-electron chi connectivity index (χ2n) is 4.18. The van der Waals surface area contributed by atoms with Crippen LogP contribution < -0.4 is 14.2 Å². The van der Waals surface area contributed by atoms with Crippen LogP contribution in [-0.4, -0.2) is 28.7 Å². The van der Waals surface area contributed by atoms with Crippen molar-refractivity contribution in [3.63, 3.8) is 0 Å². The van der Waals surface area contributed by atoms with Gasteiger partial charge in [0.2, 0.25) is 0 Å². The van der Waals surface area contributed by atoms with E-state index in [9.17, 15) is 8.42 Å². The van der Waals surface area contributed by atoms with Gasteiger partial charge in [0.15, 0.2) is 11.5 Å². The van der Waals surface area contributed by atoms with Crippen molar-refractivity contribution in [1.29, 1.82) is 0 Å². The van der Waals surface area contributed by atoms with Gasteiger partial charge in [-0.2, -0.15) is 4.72 Å². The third-order valence-corrected chi connectivity index (χ3v) is 6.17. The summed E-state index contributed by atoms with van der Waals surface area (Å²) in [4.78, 5) is 0. The summed E-state index contributed by atoms with van der Waals surface area (Å²) in [6, 6.07) is 10.5. The molecular formula is C15H14BrNO4S2. The van der Waals surface area contributed by atoms with Crippen LogP contribution in [0, 0.1) is 11.8 Å². The molecule has 2 rings (SSSR count). The molecule has 2 aromatic rings. The Bertz CT molecular complexity index is 821. The average molecular weight is 416 g/mol. The number of hydrogen-bond donors (Lipinski definition) is 1. The maximum absolute atomic E-state index is 11.9. The van der Waals surface area contributed by atoms with Crippen molar-refractivity contribution in [3.8, 4) is 23.3 Å². The first-order valence-corrected chi connectivity index (χ1v) is 9.59. The molecule has 0 unspecified atom stereocenters. The molecule has 0 aliphatic heterocycles. The van der Waals surface area contributed by atoms with Crippen LogP contribution in [0.3, 0.4) is 0 Å². The van der Waals surface area contributed by atoms with Crippen LogP contribution in [-0.2, 0) is 10.0 Å². The first kappa shape index (κ1) is 17.8. The van der Waals surface area contributed by atoms with Gasteiger partial charge in [-0.15, -0.1) is 11.3 Å². The molecule has 0 spiro atoms. The van der Waals surface area contributed by atoms with Gasteiger partial charge in [-0.1, -0.05) is 24.0 Å². The molecular weight excluding hydrogens is 402 g/mol. The van der Waals surface area contributed by atoms with Crippen molar-refractivity contribution >= 4 is 37.3 Å². The highest BCUT2D eigenvalue weighted by Crippen LogP contribution is 2.26. The van der Waals surface area contributed by atoms with E-state index in [0.717, 1.165) is 15.1 Å². The number of sulfonamides is 1. The van der Waals surface area contributed by atoms with E-state index in [1.807, 2.05) is 12.1 Å². The lowest BCUT2D eigenvalue weighted by Crippen LogP contribution is -2.23. The molecule has 0 amide bonds. The van der Waals surface area contributed by atoms with Crippen molar-refractivity contribution in [2.24, 2.45) is 0 Å². The summed E-state index contributed by atoms with van der Waals surface area (Å²) in [5.74, 6) is 6.68. The predicted octanol–water partition coefficient (Wildman–Crippen LogP) is 2.88. The van der Waals surface area contributed by atoms with E-state index in [2.05, 4.69) is 32.5 Å². The molecule has 1 aromatic heterocycles. The second kappa shape index (κ2) is 8.36. The first-order chi connectivity index (χ1) is 11.0. The Balaban J connectivity index is 1.82. The molecule has 0 saturated carbocycles. The van der Waals surface area contributed by atoms with Crippen molar-refractivity contribution in [1.82, 2.24) is 4.72 Å². The van der Waals surface area contributed by atoms with Gasteiger partial charge in [0.1, 0.15) is 10.8 Å². The molecule has 1 aromatic carbocycles. The number of methoxy groups -OCH3 is 1. The van der Waals surface area contributed by atoms with Crippen molar-refractivity contribution < 1.29 is 17.9 Å². The summed E-state index contributed by atoms with van der Waals surface area (Å²) >= 11 is 4.38. The Kier molecular flexibility index (Phi) is 6.47. The minimum atomic E-state index is -3.51. The zero-order valence-corrected chi connectivity index (χ0v) is 15.4. The molecule has 8 heteroatoms. The number of ether oxygens (including phenoxy) is 2. The van der Waals surface area contributed by atoms with Gasteiger partial charge >= 0.3 is 0 Å². The van der Waals surface area contributed by atoms with Gasteiger partial charge in [0.05, 0.1) is 17.4 Å². The van der Waals surface area contributed by atoms with E-state index in [1.54, 1.807) is 25.3 Å². The average Bonchev–Trinajstić information content (AvgIpc) is 2.98. The molecule has 0 saturated heterocycles. The lowest BCUT2D eigenvalue weighted by atomic mass is 10.3. The van der Waals surface area contributed by atoms with Crippen LogP contribution in [0.2, 0.25) is 0 Å². The Morgan fingerprint density at radius 3 is 2.57 bits per heavy atom. The minimum absolute atomic E-state index is 0.0210. The molecule has 0 aliphatic carbocycles. The van der Waals surface area contributed by atoms with E-state index in [-0.39, 0.29) is 17.4 Å². The third-order valence-electron chi connectivity index (χ3n) is 2.66. The Labute approximate surface area is 147 Å². The normalized spacial score (nSPS) is 10.7. The van der Waals surface area contributed by atoms with E-state index in [4.69, 9.17) is 9.47 Å². The largest absolute Gasteiger partial charge is 0.493 e. The lowest BCUT2D eigenvalue weighted by Gasteiger charge is -2.07. The molecule has 1 N–H and O–H groups in total. The molecule has 0 radical (unpaired) electrons. The number of halogens is 1. The SMILES string of the molecule is COc1ccccc1OCC#CCNS(=O)(=O)c1ccc(Br)s1. The van der Waals surface area contributed by atoms with Gasteiger partial charge in [0.25, 0.3) is 10.0 Å². The van der Waals surface area contributed by atoms with E-state index in [0.29, 0.717) is 11.5 Å². The highest BCUT2D eigenvalue weighted by molar-refractivity contribution is 9.11. The maximum Gasteiger partial charge on any atom is 0.250 e. The standard InChI is InChI=1S/C15H14BrNO4S2/c1-20-12-6-2-3-7-13(12)21-11-5-4-10-17-23(18,19)15-9-8-14(16)22-15/h2-3,6-9,17H,10-11H2,1H3. The van der Waals surface area contributed by atoms with E-state index < -0.39 is 10.0 Å². The Hall–Kier alpha value is -1.53. The first-order valence-electron chi connectivity index (χ1n) is 6.49. The van der Waals surface area contributed by atoms with E-state index in [1.165, 1.54) is 6.07 Å². The zero-order chi connectivity index (χ0) is 16.7. The number of thiophene rings is 1. The summed E-state index contributed by atoms with van der Waals surface area (Å²) in [7, 11) is -1.95. The topological polar surface area (TPSA) is 64.6 Å². The van der Waals surface area contributed by atoms with Crippen LogP contribution in [0.25, 0.3) is 0 Å². The van der Waals surface area contributed by atoms with E-state index >= 15 is 0 Å². The highest BCUT2D eigenvalue weighted by atomic mass is 79.9. The van der Waals surface area contributed by atoms with Crippen molar-refractivity contribution in [3.05, 3.63) is 40.2 Å². The second-order valence-corrected chi connectivity index (χ2v) is 8.63. The molecule has 0 aliphatic rings. The molecule has 1 heterocycles. The van der Waals surface area contributed by atoms with Gasteiger partial charge in [0, 0.05) is 0 Å². The molecule has 5 nitrogen and oxygen atoms in total. The fourth-order valence-electron chi connectivity index (χ4n) is 1.61. The number of benzene rings is 1. The number of nitrogens with one attached hydrogen (secondary N) is 1. The highest BCUT2D eigenvalue weighted by Gasteiger charge is 2.14. The molecule has 122 valence electrons. The zero-order valence-electron chi connectivity index (χ0n) is 12.2. The molecule has 0 atom stereocenters. The van der Waals surface area contributed by atoms with Gasteiger partial charge < -0.3 is 9.47 Å². The summed E-state index contributed by atoms with van der Waals surface area (Å²) < 4.78 is 37.9. The minimum Gasteiger partial charge on any atom is -0.493 e. The Morgan fingerprint density at radius 1 is 1.17 bits per heavy atom. The van der Waals surface area contributed by atoms with Crippen LogP contribution in [0.5, 0.6) is 11.5 Å². The maximum atomic E-state index is 11.9. The molecule has 0 bridgehead atoms. The lowest BCUT2D eigenvalue weighted by molar-refractivity contribution is 0.331. The van der Waals surface area contributed by atoms with Crippen LogP contribution in [0.15, 0.2) is 44.4 Å². The van der Waals surface area contributed by atoms with Crippen molar-refractivity contribution in [2.75, 3.05) is 20.3 Å². The summed E-state index contributed by atoms with van der Waals surface area (Å²) in [5.41, 5.74) is 0. The number of para-hydroxylation sites is 2. The number of hydrogen-bond acceptors (Lipinski definition) is 5. The van der Waals surface area contributed by atoms with Gasteiger partial charge in [-0.3, -0.25) is 0 Å². The fraction of sp³-hybridized carbons (Fsp3) is 0.200. The molecule has 23 heavy (non-hydrogen) atoms. The van der Waals surface area contributed by atoms with Crippen LogP contribution >= 0.6 is 27.3 Å². The summed E-state index contributed by atoms with van der Waals surface area (Å²) in [5, 5.41) is 0. The monoisotopic (exact) mass is 415 g/mol. The van der Waals surface area contributed by atoms with Gasteiger partial charge in [-0.05, 0) is 40.2 Å². The van der Waals surface area contributed by atoms with Gasteiger partial charge in [-0.25, -0.2) is 8.42 Å². The van der Waals surface area contributed by atoms with Crippen LogP contribution in [0.4, 0.5) is 0 Å². The number of rotatable bonds is 6. The summed E-state index contributed by atoms with van der Waals surface area (Å²) in [6.45, 7) is 0.166. The predicted molar refractivity (Wildman–Crippen MR) is 93.5 cm³/mol. The summed E-state index contributed by atoms with van der Waals surface area (Å²) in [6.07, 6.45) is 0. The van der Waals surface area contributed by atoms with Crippen LogP contribution in [0.1, 0.15) is 0 Å². The quantitative estimate of drug-likeness (QED) is 0.736. The fourth-order valence-corrected chi connectivity index (χ4v) is 4.59. The Morgan fingerprint density at radius 2 is 1.91 bits per heavy atom. The third kappa shape index (κ3) is 5.25.